The SMILES string of the molecule is C=C(NC)c1ccc(CNC)cc1.CC(C)C(C(=O)N1CCCC1C=O)N1Cc2ccccc2C1=O.CC=N. The van der Waals surface area contributed by atoms with Gasteiger partial charge in [0.15, 0.2) is 0 Å². The second kappa shape index (κ2) is 15.6. The first kappa shape index (κ1) is 31.4. The summed E-state index contributed by atoms with van der Waals surface area (Å²) in [6, 6.07) is 15.0. The number of benzene rings is 2. The average molecular weight is 534 g/mol. The summed E-state index contributed by atoms with van der Waals surface area (Å²) < 4.78 is 0. The fourth-order valence-corrected chi connectivity index (χ4v) is 4.83. The first-order valence-electron chi connectivity index (χ1n) is 13.4. The van der Waals surface area contributed by atoms with Gasteiger partial charge in [-0.2, -0.15) is 0 Å². The molecule has 2 unspecified atom stereocenters. The summed E-state index contributed by atoms with van der Waals surface area (Å²) in [5.41, 5.74) is 5.03. The monoisotopic (exact) mass is 533 g/mol. The van der Waals surface area contributed by atoms with Gasteiger partial charge in [0.05, 0.1) is 6.04 Å². The van der Waals surface area contributed by atoms with E-state index in [9.17, 15) is 14.4 Å². The molecular weight excluding hydrogens is 490 g/mol. The Hall–Kier alpha value is -3.78. The summed E-state index contributed by atoms with van der Waals surface area (Å²) >= 11 is 0. The topological polar surface area (TPSA) is 106 Å². The van der Waals surface area contributed by atoms with Gasteiger partial charge in [0.1, 0.15) is 12.3 Å². The van der Waals surface area contributed by atoms with E-state index in [1.54, 1.807) is 16.7 Å². The van der Waals surface area contributed by atoms with Gasteiger partial charge in [-0.05, 0) is 61.7 Å². The zero-order valence-corrected chi connectivity index (χ0v) is 23.9. The van der Waals surface area contributed by atoms with E-state index in [-0.39, 0.29) is 23.8 Å². The maximum atomic E-state index is 13.0. The van der Waals surface area contributed by atoms with E-state index in [0.29, 0.717) is 25.1 Å². The number of carbonyl (C=O) groups excluding carboxylic acids is 3. The van der Waals surface area contributed by atoms with E-state index < -0.39 is 6.04 Å². The lowest BCUT2D eigenvalue weighted by Gasteiger charge is -2.34. The zero-order valence-electron chi connectivity index (χ0n) is 23.9. The van der Waals surface area contributed by atoms with Crippen LogP contribution in [-0.4, -0.2) is 66.8 Å². The Morgan fingerprint density at radius 2 is 1.79 bits per heavy atom. The van der Waals surface area contributed by atoms with Crippen molar-refractivity contribution in [2.75, 3.05) is 20.6 Å². The van der Waals surface area contributed by atoms with Crippen LogP contribution in [0.15, 0.2) is 55.1 Å². The van der Waals surface area contributed by atoms with Crippen molar-refractivity contribution in [1.29, 1.82) is 5.41 Å². The molecule has 0 spiro atoms. The fourth-order valence-electron chi connectivity index (χ4n) is 4.83. The molecule has 0 saturated carbocycles. The van der Waals surface area contributed by atoms with Crippen LogP contribution < -0.4 is 10.6 Å². The number of aldehydes is 1. The van der Waals surface area contributed by atoms with E-state index in [4.69, 9.17) is 5.41 Å². The molecule has 39 heavy (non-hydrogen) atoms. The summed E-state index contributed by atoms with van der Waals surface area (Å²) in [6.07, 6.45) is 3.66. The Labute approximate surface area is 233 Å². The van der Waals surface area contributed by atoms with Gasteiger partial charge in [-0.3, -0.25) is 9.59 Å². The van der Waals surface area contributed by atoms with Crippen molar-refractivity contribution in [1.82, 2.24) is 20.4 Å². The quantitative estimate of drug-likeness (QED) is 0.350. The third kappa shape index (κ3) is 8.10. The molecule has 4 rings (SSSR count). The molecule has 0 radical (unpaired) electrons. The molecule has 2 aromatic carbocycles. The minimum absolute atomic E-state index is 0.00587. The first-order chi connectivity index (χ1) is 18.7. The molecule has 2 heterocycles. The van der Waals surface area contributed by atoms with Crippen LogP contribution in [0.5, 0.6) is 0 Å². The van der Waals surface area contributed by atoms with Crippen molar-refractivity contribution in [2.24, 2.45) is 5.92 Å². The second-order valence-electron chi connectivity index (χ2n) is 9.90. The molecule has 1 fully saturated rings. The van der Waals surface area contributed by atoms with Crippen molar-refractivity contribution in [3.8, 4) is 0 Å². The number of hydrogen-bond acceptors (Lipinski definition) is 6. The highest BCUT2D eigenvalue weighted by Gasteiger charge is 2.42. The maximum absolute atomic E-state index is 13.0. The molecule has 2 aliphatic heterocycles. The van der Waals surface area contributed by atoms with Gasteiger partial charge >= 0.3 is 0 Å². The third-order valence-electron chi connectivity index (χ3n) is 6.79. The number of fused-ring (bicyclic) bond motifs is 1. The minimum Gasteiger partial charge on any atom is -0.388 e. The predicted molar refractivity (Wildman–Crippen MR) is 157 cm³/mol. The molecule has 0 aromatic heterocycles. The number of likely N-dealkylation sites (tertiary alicyclic amines) is 1. The Bertz CT molecular complexity index is 1130. The Balaban J connectivity index is 0.000000282. The molecule has 210 valence electrons. The summed E-state index contributed by atoms with van der Waals surface area (Å²) in [5.74, 6) is -0.195. The van der Waals surface area contributed by atoms with Crippen LogP contribution in [0.25, 0.3) is 5.70 Å². The molecule has 0 bridgehead atoms. The van der Waals surface area contributed by atoms with E-state index in [1.165, 1.54) is 11.8 Å². The van der Waals surface area contributed by atoms with Gasteiger partial charge in [-0.1, -0.05) is 62.9 Å². The second-order valence-corrected chi connectivity index (χ2v) is 9.90. The number of nitrogens with one attached hydrogen (secondary N) is 3. The summed E-state index contributed by atoms with van der Waals surface area (Å²) in [5, 5.41) is 12.2. The first-order valence-corrected chi connectivity index (χ1v) is 13.4. The van der Waals surface area contributed by atoms with Crippen molar-refractivity contribution in [3.05, 3.63) is 77.4 Å². The van der Waals surface area contributed by atoms with Gasteiger partial charge in [-0.25, -0.2) is 0 Å². The molecule has 0 aliphatic carbocycles. The summed E-state index contributed by atoms with van der Waals surface area (Å²) in [6.45, 7) is 11.4. The normalized spacial score (nSPS) is 16.4. The predicted octanol–water partition coefficient (Wildman–Crippen LogP) is 4.11. The fraction of sp³-hybridized carbons (Fsp3) is 0.419. The number of hydrogen-bond donors (Lipinski definition) is 3. The molecule has 2 atom stereocenters. The standard InChI is InChI=1S/C18H22N2O3.C11H16N2.C2H5N/c1-12(2)16(18(23)19-9-5-7-14(19)11-21)20-10-13-6-3-4-8-15(13)17(20)22;1-9(13-3)11-6-4-10(5-7-11)8-12-2;1-2-3/h3-4,6,8,11-12,14,16H,5,7,9-10H2,1-2H3;4-7,12-13H,1,8H2,2-3H3;2-3H,1H3. The molecular formula is C31H43N5O3. The van der Waals surface area contributed by atoms with Crippen LogP contribution in [0.2, 0.25) is 0 Å². The molecule has 3 N–H and O–H groups in total. The summed E-state index contributed by atoms with van der Waals surface area (Å²) in [4.78, 5) is 40.2. The molecule has 1 saturated heterocycles. The van der Waals surface area contributed by atoms with E-state index in [0.717, 1.165) is 36.1 Å². The lowest BCUT2D eigenvalue weighted by Crippen LogP contribution is -2.52. The lowest BCUT2D eigenvalue weighted by molar-refractivity contribution is -0.140. The van der Waals surface area contributed by atoms with E-state index >= 15 is 0 Å². The summed E-state index contributed by atoms with van der Waals surface area (Å²) in [7, 11) is 3.82. The molecule has 2 amide bonds. The highest BCUT2D eigenvalue weighted by Crippen LogP contribution is 2.29. The molecule has 8 nitrogen and oxygen atoms in total. The van der Waals surface area contributed by atoms with Crippen LogP contribution in [0.3, 0.4) is 0 Å². The molecule has 2 aromatic rings. The Morgan fingerprint density at radius 3 is 2.33 bits per heavy atom. The van der Waals surface area contributed by atoms with Crippen molar-refractivity contribution in [3.63, 3.8) is 0 Å². The van der Waals surface area contributed by atoms with Gasteiger partial charge in [0, 0.05) is 37.9 Å². The largest absolute Gasteiger partial charge is 0.388 e. The van der Waals surface area contributed by atoms with Gasteiger partial charge in [0.25, 0.3) is 5.91 Å². The Kier molecular flexibility index (Phi) is 12.6. The molecule has 8 heteroatoms. The van der Waals surface area contributed by atoms with Gasteiger partial charge in [-0.15, -0.1) is 0 Å². The van der Waals surface area contributed by atoms with Crippen molar-refractivity contribution >= 4 is 30.0 Å². The highest BCUT2D eigenvalue weighted by molar-refractivity contribution is 6.01. The van der Waals surface area contributed by atoms with Crippen LogP contribution in [-0.2, 0) is 22.7 Å². The number of rotatable bonds is 8. The van der Waals surface area contributed by atoms with E-state index in [1.807, 2.05) is 52.2 Å². The third-order valence-corrected chi connectivity index (χ3v) is 6.79. The van der Waals surface area contributed by atoms with E-state index in [2.05, 4.69) is 41.5 Å². The van der Waals surface area contributed by atoms with Crippen LogP contribution in [0.4, 0.5) is 0 Å². The number of amides is 2. The van der Waals surface area contributed by atoms with Gasteiger partial charge < -0.3 is 30.6 Å². The average Bonchev–Trinajstić information content (AvgIpc) is 3.54. The lowest BCUT2D eigenvalue weighted by atomic mass is 10.0. The van der Waals surface area contributed by atoms with Crippen LogP contribution in [0, 0.1) is 11.3 Å². The highest BCUT2D eigenvalue weighted by atomic mass is 16.2. The molecule has 2 aliphatic rings. The van der Waals surface area contributed by atoms with Crippen molar-refractivity contribution in [2.45, 2.75) is 58.8 Å². The smallest absolute Gasteiger partial charge is 0.255 e. The maximum Gasteiger partial charge on any atom is 0.255 e. The van der Waals surface area contributed by atoms with Crippen molar-refractivity contribution < 1.29 is 14.4 Å². The van der Waals surface area contributed by atoms with Crippen LogP contribution >= 0.6 is 0 Å². The zero-order chi connectivity index (χ0) is 28.9. The van der Waals surface area contributed by atoms with Gasteiger partial charge in [0.2, 0.25) is 5.91 Å². The number of nitrogens with zero attached hydrogens (tertiary/aromatic N) is 2. The van der Waals surface area contributed by atoms with Crippen LogP contribution in [0.1, 0.15) is 60.7 Å². The Morgan fingerprint density at radius 1 is 1.15 bits per heavy atom. The number of carbonyl (C=O) groups is 3. The minimum atomic E-state index is -0.518.